The van der Waals surface area contributed by atoms with Crippen molar-refractivity contribution in [2.24, 2.45) is 5.92 Å². The molecule has 0 aromatic heterocycles. The van der Waals surface area contributed by atoms with Gasteiger partial charge in [-0.1, -0.05) is 29.8 Å². The van der Waals surface area contributed by atoms with Crippen LogP contribution in [0, 0.1) is 12.8 Å². The minimum absolute atomic E-state index is 0.130. The Labute approximate surface area is 137 Å². The molecule has 0 aliphatic carbocycles. The van der Waals surface area contributed by atoms with Gasteiger partial charge in [0.25, 0.3) is 0 Å². The van der Waals surface area contributed by atoms with Gasteiger partial charge < -0.3 is 9.84 Å². The Morgan fingerprint density at radius 2 is 2.04 bits per heavy atom. The molecule has 1 fully saturated rings. The number of benzene rings is 1. The Bertz CT molecular complexity index is 591. The first-order chi connectivity index (χ1) is 10.7. The molecule has 2 rings (SSSR count). The molecule has 2 atom stereocenters. The summed E-state index contributed by atoms with van der Waals surface area (Å²) in [5.41, 5.74) is 1.72. The van der Waals surface area contributed by atoms with Gasteiger partial charge in [0.15, 0.2) is 0 Å². The molecule has 0 bridgehead atoms. The number of carbonyl (C=O) groups is 2. The van der Waals surface area contributed by atoms with Gasteiger partial charge in [-0.3, -0.25) is 4.90 Å². The van der Waals surface area contributed by atoms with Crippen LogP contribution in [0.5, 0.6) is 0 Å². The van der Waals surface area contributed by atoms with E-state index in [0.29, 0.717) is 13.0 Å². The molecule has 5 heteroatoms. The Morgan fingerprint density at radius 1 is 1.35 bits per heavy atom. The third-order valence-corrected chi connectivity index (χ3v) is 3.91. The summed E-state index contributed by atoms with van der Waals surface area (Å²) < 4.78 is 5.34. The largest absolute Gasteiger partial charge is 0.480 e. The number of carboxylic acid groups (broad SMARTS) is 1. The molecule has 126 valence electrons. The Balaban J connectivity index is 2.08. The van der Waals surface area contributed by atoms with E-state index in [9.17, 15) is 14.7 Å². The fraction of sp³-hybridized carbons (Fsp3) is 0.556. The van der Waals surface area contributed by atoms with Crippen molar-refractivity contribution in [3.8, 4) is 0 Å². The fourth-order valence-electron chi connectivity index (χ4n) is 3.00. The number of hydrogen-bond donors (Lipinski definition) is 1. The second kappa shape index (κ2) is 6.60. The molecule has 1 amide bonds. The predicted octanol–water partition coefficient (Wildman–Crippen LogP) is 3.25. The van der Waals surface area contributed by atoms with Crippen LogP contribution in [0.25, 0.3) is 0 Å². The number of hydrogen-bond acceptors (Lipinski definition) is 3. The summed E-state index contributed by atoms with van der Waals surface area (Å²) in [5, 5.41) is 9.41. The molecular weight excluding hydrogens is 294 g/mol. The van der Waals surface area contributed by atoms with Gasteiger partial charge in [0.05, 0.1) is 0 Å². The van der Waals surface area contributed by atoms with E-state index in [-0.39, 0.29) is 5.92 Å². The summed E-state index contributed by atoms with van der Waals surface area (Å²) in [5.74, 6) is -0.840. The van der Waals surface area contributed by atoms with Crippen LogP contribution in [-0.2, 0) is 16.0 Å². The molecule has 23 heavy (non-hydrogen) atoms. The van der Waals surface area contributed by atoms with Gasteiger partial charge in [-0.15, -0.1) is 0 Å². The van der Waals surface area contributed by atoms with Crippen LogP contribution in [-0.4, -0.2) is 40.3 Å². The lowest BCUT2D eigenvalue weighted by atomic mass is 9.96. The summed E-state index contributed by atoms with van der Waals surface area (Å²) in [6.45, 7) is 7.79. The van der Waals surface area contributed by atoms with Crippen molar-refractivity contribution in [3.05, 3.63) is 35.4 Å². The Hall–Kier alpha value is -2.04. The average Bonchev–Trinajstić information content (AvgIpc) is 2.81. The number of nitrogens with zero attached hydrogens (tertiary/aromatic N) is 1. The second-order valence-electron chi connectivity index (χ2n) is 7.28. The molecule has 1 aliphatic rings. The van der Waals surface area contributed by atoms with E-state index in [4.69, 9.17) is 4.74 Å². The summed E-state index contributed by atoms with van der Waals surface area (Å²) in [6, 6.07) is 7.37. The zero-order valence-electron chi connectivity index (χ0n) is 14.2. The molecule has 1 aromatic rings. The van der Waals surface area contributed by atoms with Gasteiger partial charge in [0.1, 0.15) is 11.6 Å². The highest BCUT2D eigenvalue weighted by Crippen LogP contribution is 2.28. The van der Waals surface area contributed by atoms with E-state index in [1.807, 2.05) is 25.1 Å². The van der Waals surface area contributed by atoms with Gasteiger partial charge in [-0.25, -0.2) is 9.59 Å². The molecule has 0 unspecified atom stereocenters. The molecule has 1 heterocycles. The van der Waals surface area contributed by atoms with Crippen LogP contribution in [0.1, 0.15) is 38.3 Å². The van der Waals surface area contributed by atoms with E-state index in [1.165, 1.54) is 16.0 Å². The highest BCUT2D eigenvalue weighted by atomic mass is 16.6. The fourth-order valence-corrected chi connectivity index (χ4v) is 3.00. The van der Waals surface area contributed by atoms with Crippen LogP contribution in [0.3, 0.4) is 0 Å². The number of aryl methyl sites for hydroxylation is 1. The maximum atomic E-state index is 12.3. The molecule has 0 radical (unpaired) electrons. The molecule has 1 aromatic carbocycles. The average molecular weight is 319 g/mol. The first-order valence-corrected chi connectivity index (χ1v) is 7.93. The molecular formula is C18H25NO4. The Kier molecular flexibility index (Phi) is 4.97. The number of likely N-dealkylation sites (tertiary alicyclic amines) is 1. The van der Waals surface area contributed by atoms with Gasteiger partial charge >= 0.3 is 12.1 Å². The summed E-state index contributed by atoms with van der Waals surface area (Å²) >= 11 is 0. The minimum Gasteiger partial charge on any atom is -0.480 e. The summed E-state index contributed by atoms with van der Waals surface area (Å²) in [6.07, 6.45) is 0.685. The molecule has 0 spiro atoms. The van der Waals surface area contributed by atoms with Gasteiger partial charge in [0, 0.05) is 6.54 Å². The molecule has 1 aliphatic heterocycles. The van der Waals surface area contributed by atoms with Crippen molar-refractivity contribution >= 4 is 12.1 Å². The molecule has 1 saturated heterocycles. The lowest BCUT2D eigenvalue weighted by Gasteiger charge is -2.26. The van der Waals surface area contributed by atoms with E-state index in [1.54, 1.807) is 20.8 Å². The number of ether oxygens (including phenoxy) is 1. The maximum Gasteiger partial charge on any atom is 0.411 e. The zero-order chi connectivity index (χ0) is 17.2. The number of carboxylic acids is 1. The van der Waals surface area contributed by atoms with Crippen molar-refractivity contribution in [1.82, 2.24) is 4.90 Å². The standard InChI is InChI=1S/C18H25NO4/c1-12-6-5-7-13(8-12)9-14-10-15(16(20)21)19(11-14)17(22)23-18(2,3)4/h5-8,14-15H,9-11H2,1-4H3,(H,20,21)/t14-,15+/m1/s1. The predicted molar refractivity (Wildman–Crippen MR) is 87.4 cm³/mol. The molecule has 5 nitrogen and oxygen atoms in total. The first kappa shape index (κ1) is 17.3. The van der Waals surface area contributed by atoms with E-state index in [2.05, 4.69) is 6.07 Å². The van der Waals surface area contributed by atoms with Crippen molar-refractivity contribution in [1.29, 1.82) is 0 Å². The van der Waals surface area contributed by atoms with Crippen LogP contribution in [0.15, 0.2) is 24.3 Å². The Morgan fingerprint density at radius 3 is 2.61 bits per heavy atom. The topological polar surface area (TPSA) is 66.8 Å². The van der Waals surface area contributed by atoms with Crippen molar-refractivity contribution < 1.29 is 19.4 Å². The van der Waals surface area contributed by atoms with E-state index < -0.39 is 23.7 Å². The third kappa shape index (κ3) is 4.71. The number of aliphatic carboxylic acids is 1. The van der Waals surface area contributed by atoms with Crippen molar-refractivity contribution in [3.63, 3.8) is 0 Å². The maximum absolute atomic E-state index is 12.3. The van der Waals surface area contributed by atoms with E-state index in [0.717, 1.165) is 6.42 Å². The smallest absolute Gasteiger partial charge is 0.411 e. The zero-order valence-corrected chi connectivity index (χ0v) is 14.2. The quantitative estimate of drug-likeness (QED) is 0.928. The monoisotopic (exact) mass is 319 g/mol. The van der Waals surface area contributed by atoms with Crippen molar-refractivity contribution in [2.75, 3.05) is 6.54 Å². The minimum atomic E-state index is -0.970. The van der Waals surface area contributed by atoms with Crippen LogP contribution >= 0.6 is 0 Å². The molecule has 1 N–H and O–H groups in total. The highest BCUT2D eigenvalue weighted by Gasteiger charge is 2.41. The first-order valence-electron chi connectivity index (χ1n) is 7.93. The van der Waals surface area contributed by atoms with Gasteiger partial charge in [-0.05, 0) is 52.0 Å². The normalized spacial score (nSPS) is 21.3. The summed E-state index contributed by atoms with van der Waals surface area (Å²) in [7, 11) is 0. The van der Waals surface area contributed by atoms with Crippen LogP contribution < -0.4 is 0 Å². The molecule has 0 saturated carbocycles. The van der Waals surface area contributed by atoms with Crippen LogP contribution in [0.2, 0.25) is 0 Å². The lowest BCUT2D eigenvalue weighted by molar-refractivity contribution is -0.142. The second-order valence-corrected chi connectivity index (χ2v) is 7.28. The third-order valence-electron chi connectivity index (χ3n) is 3.91. The SMILES string of the molecule is Cc1cccc(C[C@@H]2C[C@@H](C(=O)O)N(C(=O)OC(C)(C)C)C2)c1. The van der Waals surface area contributed by atoms with Gasteiger partial charge in [0.2, 0.25) is 0 Å². The lowest BCUT2D eigenvalue weighted by Crippen LogP contribution is -2.43. The van der Waals surface area contributed by atoms with E-state index >= 15 is 0 Å². The van der Waals surface area contributed by atoms with Crippen molar-refractivity contribution in [2.45, 2.75) is 52.2 Å². The number of amides is 1. The highest BCUT2D eigenvalue weighted by molar-refractivity contribution is 5.81. The van der Waals surface area contributed by atoms with Crippen LogP contribution in [0.4, 0.5) is 4.79 Å². The summed E-state index contributed by atoms with van der Waals surface area (Å²) in [4.78, 5) is 25.1. The number of carbonyl (C=O) groups excluding carboxylic acids is 1. The van der Waals surface area contributed by atoms with Gasteiger partial charge in [-0.2, -0.15) is 0 Å². The number of rotatable bonds is 3.